The van der Waals surface area contributed by atoms with Crippen LogP contribution in [0.5, 0.6) is 0 Å². The molecule has 0 unspecified atom stereocenters. The number of aromatic nitrogens is 2. The van der Waals surface area contributed by atoms with Gasteiger partial charge in [-0.05, 0) is 127 Å². The molecule has 262 valence electrons. The van der Waals surface area contributed by atoms with E-state index >= 15 is 0 Å². The SMILES string of the molecule is Cc1ccc2ccc3c(-c4ccc5c(-c6ccc7ccccc7c6)c6ccccc6c(-c6ccc7ccccc7c6)c5c4)cc(C4CCCCC4)nc3c2n1. The van der Waals surface area contributed by atoms with Crippen LogP contribution in [0, 0.1) is 6.92 Å². The molecule has 0 aliphatic heterocycles. The van der Waals surface area contributed by atoms with Crippen molar-refractivity contribution in [1.82, 2.24) is 9.97 Å². The molecule has 2 nitrogen and oxygen atoms in total. The number of rotatable bonds is 4. The summed E-state index contributed by atoms with van der Waals surface area (Å²) in [6.07, 6.45) is 6.24. The van der Waals surface area contributed by atoms with Crippen LogP contribution in [0.1, 0.15) is 49.4 Å². The van der Waals surface area contributed by atoms with Gasteiger partial charge in [-0.15, -0.1) is 0 Å². The molecule has 55 heavy (non-hydrogen) atoms. The Morgan fingerprint density at radius 1 is 0.400 bits per heavy atom. The lowest BCUT2D eigenvalue weighted by Crippen LogP contribution is -2.07. The number of aryl methyl sites for hydroxylation is 1. The van der Waals surface area contributed by atoms with Gasteiger partial charge in [-0.3, -0.25) is 9.97 Å². The number of benzene rings is 8. The highest BCUT2D eigenvalue weighted by Gasteiger charge is 2.22. The molecule has 0 N–H and O–H groups in total. The second kappa shape index (κ2) is 12.9. The molecule has 0 amide bonds. The maximum absolute atomic E-state index is 5.47. The molecule has 1 aliphatic carbocycles. The molecule has 2 heteroatoms. The fourth-order valence-corrected chi connectivity index (χ4v) is 9.49. The molecule has 0 bridgehead atoms. The first-order valence-corrected chi connectivity index (χ1v) is 19.8. The number of fused-ring (bicyclic) bond motifs is 7. The quantitative estimate of drug-likeness (QED) is 0.135. The van der Waals surface area contributed by atoms with Crippen molar-refractivity contribution < 1.29 is 0 Å². The zero-order valence-corrected chi connectivity index (χ0v) is 31.0. The van der Waals surface area contributed by atoms with E-state index in [2.05, 4.69) is 165 Å². The van der Waals surface area contributed by atoms with E-state index in [0.29, 0.717) is 5.92 Å². The van der Waals surface area contributed by atoms with E-state index < -0.39 is 0 Å². The van der Waals surface area contributed by atoms with E-state index in [-0.39, 0.29) is 0 Å². The van der Waals surface area contributed by atoms with Crippen molar-refractivity contribution in [2.75, 3.05) is 0 Å². The van der Waals surface area contributed by atoms with Gasteiger partial charge in [-0.2, -0.15) is 0 Å². The Morgan fingerprint density at radius 2 is 0.945 bits per heavy atom. The van der Waals surface area contributed by atoms with Gasteiger partial charge >= 0.3 is 0 Å². The molecule has 0 radical (unpaired) electrons. The molecule has 2 aromatic heterocycles. The van der Waals surface area contributed by atoms with Gasteiger partial charge in [0.25, 0.3) is 0 Å². The van der Waals surface area contributed by atoms with Gasteiger partial charge in [0.2, 0.25) is 0 Å². The topological polar surface area (TPSA) is 25.8 Å². The van der Waals surface area contributed by atoms with Crippen LogP contribution < -0.4 is 0 Å². The summed E-state index contributed by atoms with van der Waals surface area (Å²) in [7, 11) is 0. The first kappa shape index (κ1) is 32.1. The molecular weight excluding hydrogens is 665 g/mol. The molecule has 1 saturated carbocycles. The number of nitrogens with zero attached hydrogens (tertiary/aromatic N) is 2. The summed E-state index contributed by atoms with van der Waals surface area (Å²) in [5, 5.41) is 12.4. The van der Waals surface area contributed by atoms with Gasteiger partial charge in [0.15, 0.2) is 0 Å². The van der Waals surface area contributed by atoms with Crippen LogP contribution in [0.2, 0.25) is 0 Å². The lowest BCUT2D eigenvalue weighted by Gasteiger charge is -2.23. The molecule has 0 spiro atoms. The van der Waals surface area contributed by atoms with Crippen LogP contribution in [0.15, 0.2) is 158 Å². The summed E-state index contributed by atoms with van der Waals surface area (Å²) in [4.78, 5) is 10.6. The van der Waals surface area contributed by atoms with Gasteiger partial charge < -0.3 is 0 Å². The van der Waals surface area contributed by atoms with Crippen LogP contribution in [-0.4, -0.2) is 9.97 Å². The van der Waals surface area contributed by atoms with Crippen molar-refractivity contribution in [2.45, 2.75) is 44.9 Å². The normalized spacial score (nSPS) is 13.8. The highest BCUT2D eigenvalue weighted by molar-refractivity contribution is 6.23. The molecule has 8 aromatic carbocycles. The lowest BCUT2D eigenvalue weighted by atomic mass is 9.83. The van der Waals surface area contributed by atoms with Crippen molar-refractivity contribution in [1.29, 1.82) is 0 Å². The van der Waals surface area contributed by atoms with Gasteiger partial charge in [0.05, 0.1) is 11.0 Å². The van der Waals surface area contributed by atoms with Crippen LogP contribution >= 0.6 is 0 Å². The van der Waals surface area contributed by atoms with Crippen molar-refractivity contribution in [2.24, 2.45) is 0 Å². The Morgan fingerprint density at radius 3 is 1.64 bits per heavy atom. The van der Waals surface area contributed by atoms with Crippen LogP contribution in [0.25, 0.3) is 98.3 Å². The minimum atomic E-state index is 0.467. The second-order valence-corrected chi connectivity index (χ2v) is 15.6. The summed E-state index contributed by atoms with van der Waals surface area (Å²) >= 11 is 0. The summed E-state index contributed by atoms with van der Waals surface area (Å²) in [5.41, 5.74) is 11.7. The highest BCUT2D eigenvalue weighted by Crippen LogP contribution is 2.47. The van der Waals surface area contributed by atoms with E-state index in [4.69, 9.17) is 9.97 Å². The Balaban J connectivity index is 1.25. The molecule has 1 aliphatic rings. The fraction of sp³-hybridized carbons (Fsp3) is 0.132. The summed E-state index contributed by atoms with van der Waals surface area (Å²) in [5.74, 6) is 0.467. The minimum Gasteiger partial charge on any atom is -0.251 e. The molecule has 2 heterocycles. The van der Waals surface area contributed by atoms with Crippen molar-refractivity contribution in [3.8, 4) is 33.4 Å². The Labute approximate surface area is 321 Å². The smallest absolute Gasteiger partial charge is 0.0974 e. The fourth-order valence-electron chi connectivity index (χ4n) is 9.49. The van der Waals surface area contributed by atoms with Crippen LogP contribution in [-0.2, 0) is 0 Å². The van der Waals surface area contributed by atoms with Crippen LogP contribution in [0.3, 0.4) is 0 Å². The predicted molar refractivity (Wildman–Crippen MR) is 234 cm³/mol. The van der Waals surface area contributed by atoms with Gasteiger partial charge in [0, 0.05) is 28.1 Å². The summed E-state index contributed by atoms with van der Waals surface area (Å²) < 4.78 is 0. The lowest BCUT2D eigenvalue weighted by molar-refractivity contribution is 0.437. The standard InChI is InChI=1S/C53H40N2/c1-33-19-20-37-25-28-46-47(32-49(36-13-3-2-4-14-36)55-53(46)52(37)54-33)40-26-27-45-48(31-40)51(42-24-22-35-12-6-8-16-39(35)30-42)44-18-10-9-17-43(44)50(45)41-23-21-34-11-5-7-15-38(34)29-41/h5-12,15-32,36H,2-4,13-14H2,1H3. The van der Waals surface area contributed by atoms with E-state index in [1.54, 1.807) is 0 Å². The Hall–Kier alpha value is -6.38. The largest absolute Gasteiger partial charge is 0.251 e. The predicted octanol–water partition coefficient (Wildman–Crippen LogP) is 14.8. The minimum absolute atomic E-state index is 0.467. The van der Waals surface area contributed by atoms with Crippen molar-refractivity contribution in [3.63, 3.8) is 0 Å². The molecule has 10 aromatic rings. The average Bonchev–Trinajstić information content (AvgIpc) is 3.25. The van der Waals surface area contributed by atoms with Gasteiger partial charge in [0.1, 0.15) is 0 Å². The first-order chi connectivity index (χ1) is 27.2. The summed E-state index contributed by atoms with van der Waals surface area (Å²) in [6, 6.07) is 58.7. The molecule has 0 saturated heterocycles. The Bertz CT molecular complexity index is 3150. The first-order valence-electron chi connectivity index (χ1n) is 19.8. The number of hydrogen-bond donors (Lipinski definition) is 0. The maximum atomic E-state index is 5.47. The highest BCUT2D eigenvalue weighted by atomic mass is 14.8. The molecule has 11 rings (SSSR count). The van der Waals surface area contributed by atoms with E-state index in [0.717, 1.165) is 27.5 Å². The van der Waals surface area contributed by atoms with E-state index in [9.17, 15) is 0 Å². The molecular formula is C53H40N2. The zero-order chi connectivity index (χ0) is 36.5. The van der Waals surface area contributed by atoms with Gasteiger partial charge in [-0.25, -0.2) is 0 Å². The van der Waals surface area contributed by atoms with Crippen LogP contribution in [0.4, 0.5) is 0 Å². The maximum Gasteiger partial charge on any atom is 0.0974 e. The average molecular weight is 705 g/mol. The van der Waals surface area contributed by atoms with E-state index in [1.165, 1.54) is 114 Å². The number of hydrogen-bond acceptors (Lipinski definition) is 2. The molecule has 0 atom stereocenters. The third kappa shape index (κ3) is 5.39. The molecule has 1 fully saturated rings. The third-order valence-electron chi connectivity index (χ3n) is 12.2. The Kier molecular flexibility index (Phi) is 7.52. The van der Waals surface area contributed by atoms with E-state index in [1.807, 2.05) is 0 Å². The van der Waals surface area contributed by atoms with Crippen molar-refractivity contribution >= 4 is 64.9 Å². The summed E-state index contributed by atoms with van der Waals surface area (Å²) in [6.45, 7) is 2.08. The number of pyridine rings is 2. The van der Waals surface area contributed by atoms with Crippen molar-refractivity contribution in [3.05, 3.63) is 169 Å². The van der Waals surface area contributed by atoms with Gasteiger partial charge in [-0.1, -0.05) is 147 Å². The second-order valence-electron chi connectivity index (χ2n) is 15.6. The zero-order valence-electron chi connectivity index (χ0n) is 31.0. The third-order valence-corrected chi connectivity index (χ3v) is 12.2. The monoisotopic (exact) mass is 704 g/mol.